The molecule has 1 aromatic heterocycles. The van der Waals surface area contributed by atoms with E-state index in [0.29, 0.717) is 27.5 Å². The van der Waals surface area contributed by atoms with E-state index in [0.717, 1.165) is 11.1 Å². The van der Waals surface area contributed by atoms with Crippen molar-refractivity contribution < 1.29 is 14.3 Å². The molecule has 0 unspecified atom stereocenters. The number of benzene rings is 1. The quantitative estimate of drug-likeness (QED) is 0.749. The largest absolute Gasteiger partial charge is 0.493 e. The Morgan fingerprint density at radius 2 is 1.96 bits per heavy atom. The Morgan fingerprint density at radius 1 is 1.29 bits per heavy atom. The van der Waals surface area contributed by atoms with Gasteiger partial charge in [-0.15, -0.1) is 10.2 Å². The first kappa shape index (κ1) is 18.3. The average molecular weight is 368 g/mol. The minimum Gasteiger partial charge on any atom is -0.493 e. The van der Waals surface area contributed by atoms with Crippen LogP contribution in [-0.4, -0.2) is 48.0 Å². The third kappa shape index (κ3) is 4.51. The zero-order valence-corrected chi connectivity index (χ0v) is 15.7. The number of carbonyl (C=O) groups excluding carboxylic acids is 1. The van der Waals surface area contributed by atoms with Crippen LogP contribution in [0.5, 0.6) is 11.5 Å². The fourth-order valence-electron chi connectivity index (χ4n) is 2.05. The van der Waals surface area contributed by atoms with E-state index < -0.39 is 0 Å². The maximum atomic E-state index is 12.3. The number of ether oxygens (including phenoxy) is 2. The molecule has 0 radical (unpaired) electrons. The van der Waals surface area contributed by atoms with Crippen LogP contribution in [0.1, 0.15) is 11.1 Å². The van der Waals surface area contributed by atoms with Gasteiger partial charge in [0, 0.05) is 13.6 Å². The number of aryl methyl sites for hydroxylation is 1. The molecule has 1 amide bonds. The van der Waals surface area contributed by atoms with Gasteiger partial charge in [0.15, 0.2) is 15.8 Å². The summed E-state index contributed by atoms with van der Waals surface area (Å²) in [6.45, 7) is 2.47. The maximum absolute atomic E-state index is 12.3. The Balaban J connectivity index is 2.00. The summed E-state index contributed by atoms with van der Waals surface area (Å²) in [6, 6.07) is 3.81. The Bertz CT molecular complexity index is 721. The number of aromatic nitrogens is 2. The van der Waals surface area contributed by atoms with Gasteiger partial charge in [-0.1, -0.05) is 23.1 Å². The van der Waals surface area contributed by atoms with Crippen LogP contribution in [0, 0.1) is 6.92 Å². The van der Waals surface area contributed by atoms with Gasteiger partial charge in [-0.05, 0) is 30.2 Å². The maximum Gasteiger partial charge on any atom is 0.233 e. The van der Waals surface area contributed by atoms with Crippen LogP contribution in [0.15, 0.2) is 16.5 Å². The molecule has 24 heavy (non-hydrogen) atoms. The van der Waals surface area contributed by atoms with Gasteiger partial charge in [0.25, 0.3) is 0 Å². The summed E-state index contributed by atoms with van der Waals surface area (Å²) in [6.07, 6.45) is 0. The number of nitrogen functional groups attached to an aromatic ring is 1. The van der Waals surface area contributed by atoms with Crippen molar-refractivity contribution in [3.05, 3.63) is 23.3 Å². The van der Waals surface area contributed by atoms with Crippen LogP contribution in [0.2, 0.25) is 0 Å². The first-order valence-corrected chi connectivity index (χ1v) is 8.92. The molecule has 2 aromatic rings. The van der Waals surface area contributed by atoms with Crippen molar-refractivity contribution in [1.29, 1.82) is 0 Å². The van der Waals surface area contributed by atoms with Gasteiger partial charge >= 0.3 is 0 Å². The molecule has 0 fully saturated rings. The fraction of sp³-hybridized carbons (Fsp3) is 0.400. The minimum absolute atomic E-state index is 0.00274. The van der Waals surface area contributed by atoms with Gasteiger partial charge in [0.1, 0.15) is 0 Å². The van der Waals surface area contributed by atoms with Crippen LogP contribution in [0.3, 0.4) is 0 Å². The average Bonchev–Trinajstić information content (AvgIpc) is 2.99. The van der Waals surface area contributed by atoms with Crippen molar-refractivity contribution in [2.45, 2.75) is 17.8 Å². The molecule has 0 aliphatic rings. The fourth-order valence-corrected chi connectivity index (χ4v) is 3.63. The molecule has 0 saturated heterocycles. The van der Waals surface area contributed by atoms with Gasteiger partial charge < -0.3 is 20.1 Å². The monoisotopic (exact) mass is 368 g/mol. The highest BCUT2D eigenvalue weighted by atomic mass is 32.2. The molecule has 2 rings (SSSR count). The van der Waals surface area contributed by atoms with Crippen LogP contribution in [0.25, 0.3) is 0 Å². The normalized spacial score (nSPS) is 10.5. The van der Waals surface area contributed by atoms with Gasteiger partial charge in [0.2, 0.25) is 11.0 Å². The minimum atomic E-state index is 0.00274. The number of hydrogen-bond donors (Lipinski definition) is 1. The van der Waals surface area contributed by atoms with Crippen molar-refractivity contribution in [2.24, 2.45) is 0 Å². The summed E-state index contributed by atoms with van der Waals surface area (Å²) in [5, 5.41) is 8.02. The molecule has 7 nitrogen and oxygen atoms in total. The molecule has 0 atom stereocenters. The molecular formula is C15H20N4O3S2. The third-order valence-electron chi connectivity index (χ3n) is 3.42. The molecule has 1 heterocycles. The summed E-state index contributed by atoms with van der Waals surface area (Å²) < 4.78 is 11.3. The molecule has 1 aromatic carbocycles. The summed E-state index contributed by atoms with van der Waals surface area (Å²) in [7, 11) is 4.97. The smallest absolute Gasteiger partial charge is 0.233 e. The Labute approximate surface area is 149 Å². The topological polar surface area (TPSA) is 90.6 Å². The number of thioether (sulfide) groups is 1. The number of nitrogens with two attached hydrogens (primary N) is 1. The molecule has 0 bridgehead atoms. The molecule has 0 aliphatic heterocycles. The van der Waals surface area contributed by atoms with Gasteiger partial charge in [-0.2, -0.15) is 0 Å². The molecule has 0 aliphatic carbocycles. The van der Waals surface area contributed by atoms with E-state index in [2.05, 4.69) is 10.2 Å². The molecule has 0 spiro atoms. The van der Waals surface area contributed by atoms with Crippen molar-refractivity contribution in [3.8, 4) is 11.5 Å². The molecule has 9 heteroatoms. The number of anilines is 1. The lowest BCUT2D eigenvalue weighted by molar-refractivity contribution is -0.127. The van der Waals surface area contributed by atoms with Gasteiger partial charge in [0.05, 0.1) is 20.0 Å². The summed E-state index contributed by atoms with van der Waals surface area (Å²) in [4.78, 5) is 14.0. The van der Waals surface area contributed by atoms with Crippen LogP contribution < -0.4 is 15.2 Å². The van der Waals surface area contributed by atoms with E-state index in [1.807, 2.05) is 19.1 Å². The highest BCUT2D eigenvalue weighted by molar-refractivity contribution is 8.01. The van der Waals surface area contributed by atoms with Crippen LogP contribution in [-0.2, 0) is 11.3 Å². The van der Waals surface area contributed by atoms with E-state index >= 15 is 0 Å². The zero-order valence-electron chi connectivity index (χ0n) is 14.0. The SMILES string of the molecule is COc1cc(C)c(CN(C)C(=O)CSc2nnc(N)s2)cc1OC. The summed E-state index contributed by atoms with van der Waals surface area (Å²) in [5.41, 5.74) is 7.58. The number of carbonyl (C=O) groups is 1. The summed E-state index contributed by atoms with van der Waals surface area (Å²) in [5.74, 6) is 1.62. The Morgan fingerprint density at radius 3 is 2.54 bits per heavy atom. The van der Waals surface area contributed by atoms with Gasteiger partial charge in [-0.3, -0.25) is 4.79 Å². The number of hydrogen-bond acceptors (Lipinski definition) is 8. The zero-order chi connectivity index (χ0) is 17.7. The standard InChI is InChI=1S/C15H20N4O3S2/c1-9-5-11(21-3)12(22-4)6-10(9)7-19(2)13(20)8-23-15-18-17-14(16)24-15/h5-6H,7-8H2,1-4H3,(H2,16,17). The van der Waals surface area contributed by atoms with E-state index in [1.165, 1.54) is 23.1 Å². The van der Waals surface area contributed by atoms with E-state index in [4.69, 9.17) is 15.2 Å². The molecule has 130 valence electrons. The predicted octanol–water partition coefficient (Wildman–Crippen LogP) is 2.20. The number of amides is 1. The lowest BCUT2D eigenvalue weighted by Crippen LogP contribution is -2.28. The second-order valence-electron chi connectivity index (χ2n) is 5.08. The Hall–Kier alpha value is -2.00. The molecular weight excluding hydrogens is 348 g/mol. The third-order valence-corrected chi connectivity index (χ3v) is 5.29. The number of nitrogens with zero attached hydrogens (tertiary/aromatic N) is 3. The Kier molecular flexibility index (Phi) is 6.27. The van der Waals surface area contributed by atoms with Crippen LogP contribution >= 0.6 is 23.1 Å². The highest BCUT2D eigenvalue weighted by Gasteiger charge is 2.15. The summed E-state index contributed by atoms with van der Waals surface area (Å²) >= 11 is 2.61. The lowest BCUT2D eigenvalue weighted by Gasteiger charge is -2.19. The van der Waals surface area contributed by atoms with Crippen molar-refractivity contribution in [3.63, 3.8) is 0 Å². The first-order chi connectivity index (χ1) is 11.4. The molecule has 2 N–H and O–H groups in total. The van der Waals surface area contributed by atoms with Crippen molar-refractivity contribution in [1.82, 2.24) is 15.1 Å². The number of rotatable bonds is 7. The second-order valence-corrected chi connectivity index (χ2v) is 7.31. The van der Waals surface area contributed by atoms with E-state index in [1.54, 1.807) is 26.2 Å². The van der Waals surface area contributed by atoms with Crippen molar-refractivity contribution >= 4 is 34.1 Å². The van der Waals surface area contributed by atoms with Crippen molar-refractivity contribution in [2.75, 3.05) is 32.8 Å². The van der Waals surface area contributed by atoms with Crippen LogP contribution in [0.4, 0.5) is 5.13 Å². The van der Waals surface area contributed by atoms with Gasteiger partial charge in [-0.25, -0.2) is 0 Å². The van der Waals surface area contributed by atoms with E-state index in [-0.39, 0.29) is 11.7 Å². The first-order valence-electron chi connectivity index (χ1n) is 7.11. The molecule has 0 saturated carbocycles. The lowest BCUT2D eigenvalue weighted by atomic mass is 10.1. The number of methoxy groups -OCH3 is 2. The second kappa shape index (κ2) is 8.20. The van der Waals surface area contributed by atoms with E-state index in [9.17, 15) is 4.79 Å². The highest BCUT2D eigenvalue weighted by Crippen LogP contribution is 2.31. The predicted molar refractivity (Wildman–Crippen MR) is 95.8 cm³/mol.